The molecule has 5 heteroatoms. The zero-order chi connectivity index (χ0) is 19.8. The molecule has 0 atom stereocenters. The van der Waals surface area contributed by atoms with E-state index in [1.807, 2.05) is 91.9 Å². The summed E-state index contributed by atoms with van der Waals surface area (Å²) in [5.41, 5.74) is 4.05. The Kier molecular flexibility index (Phi) is 4.06. The summed E-state index contributed by atoms with van der Waals surface area (Å²) < 4.78 is 3.37. The zero-order valence-electron chi connectivity index (χ0n) is 15.9. The van der Waals surface area contributed by atoms with E-state index in [4.69, 9.17) is 4.98 Å². The Morgan fingerprint density at radius 3 is 2.10 bits per heavy atom. The van der Waals surface area contributed by atoms with Gasteiger partial charge in [-0.1, -0.05) is 66.2 Å². The smallest absolute Gasteiger partial charge is 0.268 e. The van der Waals surface area contributed by atoms with Gasteiger partial charge in [0.15, 0.2) is 5.65 Å². The number of aryl methyl sites for hydroxylation is 1. The summed E-state index contributed by atoms with van der Waals surface area (Å²) in [6.45, 7) is 2.02. The number of aromatic nitrogens is 4. The average molecular weight is 378 g/mol. The molecule has 2 aromatic heterocycles. The van der Waals surface area contributed by atoms with Gasteiger partial charge in [-0.25, -0.2) is 9.67 Å². The molecule has 0 unspecified atom stereocenters. The van der Waals surface area contributed by atoms with Crippen molar-refractivity contribution in [1.29, 1.82) is 0 Å². The van der Waals surface area contributed by atoms with Crippen LogP contribution in [0.2, 0.25) is 0 Å². The Morgan fingerprint density at radius 2 is 1.41 bits per heavy atom. The van der Waals surface area contributed by atoms with Crippen LogP contribution in [0.25, 0.3) is 33.8 Å². The van der Waals surface area contributed by atoms with Crippen molar-refractivity contribution in [2.75, 3.05) is 0 Å². The van der Waals surface area contributed by atoms with E-state index in [2.05, 4.69) is 5.10 Å². The predicted molar refractivity (Wildman–Crippen MR) is 115 cm³/mol. The molecule has 0 N–H and O–H groups in total. The molecule has 0 aliphatic heterocycles. The van der Waals surface area contributed by atoms with Gasteiger partial charge in [0.25, 0.3) is 5.56 Å². The van der Waals surface area contributed by atoms with Gasteiger partial charge in [-0.15, -0.1) is 0 Å². The van der Waals surface area contributed by atoms with Crippen molar-refractivity contribution in [1.82, 2.24) is 19.3 Å². The molecule has 0 aliphatic rings. The van der Waals surface area contributed by atoms with Crippen molar-refractivity contribution < 1.29 is 0 Å². The van der Waals surface area contributed by atoms with Crippen molar-refractivity contribution in [3.63, 3.8) is 0 Å². The molecule has 5 rings (SSSR count). The molecule has 2 heterocycles. The fraction of sp³-hybridized carbons (Fsp3) is 0.0417. The van der Waals surface area contributed by atoms with E-state index in [1.54, 1.807) is 15.4 Å². The van der Waals surface area contributed by atoms with Crippen molar-refractivity contribution >= 4 is 11.0 Å². The monoisotopic (exact) mass is 378 g/mol. The van der Waals surface area contributed by atoms with Gasteiger partial charge in [0.1, 0.15) is 11.2 Å². The Bertz CT molecular complexity index is 1350. The highest BCUT2D eigenvalue weighted by Gasteiger charge is 2.18. The summed E-state index contributed by atoms with van der Waals surface area (Å²) in [4.78, 5) is 18.4. The normalized spacial score (nSPS) is 11.1. The number of rotatable bonds is 3. The Balaban J connectivity index is 1.86. The summed E-state index contributed by atoms with van der Waals surface area (Å²) in [5.74, 6) is 0.588. The number of fused-ring (bicyclic) bond motifs is 1. The van der Waals surface area contributed by atoms with Gasteiger partial charge >= 0.3 is 0 Å². The van der Waals surface area contributed by atoms with E-state index < -0.39 is 0 Å². The van der Waals surface area contributed by atoms with Crippen LogP contribution in [0.4, 0.5) is 0 Å². The SMILES string of the molecule is Cc1ccc(-n2c(-c3ccccc3)nc3c(cnn3-c3ccccc3)c2=O)cc1. The lowest BCUT2D eigenvalue weighted by molar-refractivity contribution is 0.888. The summed E-state index contributed by atoms with van der Waals surface area (Å²) >= 11 is 0. The molecule has 3 aromatic carbocycles. The first-order valence-electron chi connectivity index (χ1n) is 9.41. The Hall–Kier alpha value is -3.99. The van der Waals surface area contributed by atoms with Crippen LogP contribution in [0, 0.1) is 6.92 Å². The van der Waals surface area contributed by atoms with Crippen LogP contribution in [0.5, 0.6) is 0 Å². The van der Waals surface area contributed by atoms with Gasteiger partial charge in [0, 0.05) is 5.56 Å². The van der Waals surface area contributed by atoms with Crippen LogP contribution in [-0.2, 0) is 0 Å². The third kappa shape index (κ3) is 2.93. The van der Waals surface area contributed by atoms with Gasteiger partial charge in [-0.05, 0) is 31.2 Å². The second-order valence-corrected chi connectivity index (χ2v) is 6.91. The van der Waals surface area contributed by atoms with E-state index in [0.29, 0.717) is 16.9 Å². The molecule has 29 heavy (non-hydrogen) atoms. The second kappa shape index (κ2) is 6.87. The molecule has 0 amide bonds. The molecule has 5 nitrogen and oxygen atoms in total. The molecule has 0 fully saturated rings. The van der Waals surface area contributed by atoms with E-state index in [0.717, 1.165) is 22.5 Å². The number of hydrogen-bond donors (Lipinski definition) is 0. The van der Waals surface area contributed by atoms with Gasteiger partial charge in [0.2, 0.25) is 0 Å². The predicted octanol–water partition coefficient (Wildman–Crippen LogP) is 4.55. The number of hydrogen-bond acceptors (Lipinski definition) is 3. The highest BCUT2D eigenvalue weighted by molar-refractivity contribution is 5.78. The molecule has 140 valence electrons. The molecule has 0 bridgehead atoms. The highest BCUT2D eigenvalue weighted by Crippen LogP contribution is 2.23. The lowest BCUT2D eigenvalue weighted by atomic mass is 10.1. The van der Waals surface area contributed by atoms with E-state index in [9.17, 15) is 4.79 Å². The first-order chi connectivity index (χ1) is 14.2. The molecule has 0 saturated heterocycles. The van der Waals surface area contributed by atoms with Gasteiger partial charge in [0.05, 0.1) is 17.6 Å². The maximum atomic E-state index is 13.5. The molecular weight excluding hydrogens is 360 g/mol. The van der Waals surface area contributed by atoms with Crippen LogP contribution < -0.4 is 5.56 Å². The van der Waals surface area contributed by atoms with Crippen LogP contribution in [0.1, 0.15) is 5.56 Å². The fourth-order valence-electron chi connectivity index (χ4n) is 3.44. The van der Waals surface area contributed by atoms with Crippen molar-refractivity contribution in [2.24, 2.45) is 0 Å². The zero-order valence-corrected chi connectivity index (χ0v) is 15.9. The van der Waals surface area contributed by atoms with Crippen LogP contribution >= 0.6 is 0 Å². The maximum absolute atomic E-state index is 13.5. The number of para-hydroxylation sites is 1. The maximum Gasteiger partial charge on any atom is 0.269 e. The summed E-state index contributed by atoms with van der Waals surface area (Å²) in [5, 5.41) is 4.93. The van der Waals surface area contributed by atoms with Gasteiger partial charge in [-0.3, -0.25) is 9.36 Å². The first kappa shape index (κ1) is 17.1. The van der Waals surface area contributed by atoms with Gasteiger partial charge < -0.3 is 0 Å². The summed E-state index contributed by atoms with van der Waals surface area (Å²) in [6, 6.07) is 27.3. The third-order valence-electron chi connectivity index (χ3n) is 4.93. The summed E-state index contributed by atoms with van der Waals surface area (Å²) in [6.07, 6.45) is 1.59. The molecular formula is C24H18N4O. The molecule has 0 radical (unpaired) electrons. The van der Waals surface area contributed by atoms with E-state index in [-0.39, 0.29) is 5.56 Å². The van der Waals surface area contributed by atoms with Crippen molar-refractivity contribution in [3.8, 4) is 22.8 Å². The van der Waals surface area contributed by atoms with Crippen LogP contribution in [0.3, 0.4) is 0 Å². The third-order valence-corrected chi connectivity index (χ3v) is 4.93. The number of benzene rings is 3. The molecule has 0 spiro atoms. The lowest BCUT2D eigenvalue weighted by Gasteiger charge is -2.13. The highest BCUT2D eigenvalue weighted by atomic mass is 16.1. The standard InChI is InChI=1S/C24H18N4O/c1-17-12-14-19(15-13-17)27-22(18-8-4-2-5-9-18)26-23-21(24(27)29)16-25-28(23)20-10-6-3-7-11-20/h2-16H,1H3. The van der Waals surface area contributed by atoms with Crippen molar-refractivity contribution in [3.05, 3.63) is 107 Å². The van der Waals surface area contributed by atoms with E-state index in [1.165, 1.54) is 0 Å². The molecule has 0 saturated carbocycles. The summed E-state index contributed by atoms with van der Waals surface area (Å²) in [7, 11) is 0. The first-order valence-corrected chi connectivity index (χ1v) is 9.41. The Morgan fingerprint density at radius 1 is 0.759 bits per heavy atom. The van der Waals surface area contributed by atoms with Crippen LogP contribution in [-0.4, -0.2) is 19.3 Å². The molecule has 5 aromatic rings. The van der Waals surface area contributed by atoms with Crippen LogP contribution in [0.15, 0.2) is 95.9 Å². The molecule has 0 aliphatic carbocycles. The minimum Gasteiger partial charge on any atom is -0.268 e. The quantitative estimate of drug-likeness (QED) is 0.463. The largest absolute Gasteiger partial charge is 0.269 e. The second-order valence-electron chi connectivity index (χ2n) is 6.91. The number of nitrogens with zero attached hydrogens (tertiary/aromatic N) is 4. The minimum absolute atomic E-state index is 0.139. The fourth-order valence-corrected chi connectivity index (χ4v) is 3.44. The van der Waals surface area contributed by atoms with E-state index >= 15 is 0 Å². The topological polar surface area (TPSA) is 52.7 Å². The Labute approximate surface area is 167 Å². The minimum atomic E-state index is -0.139. The average Bonchev–Trinajstić information content (AvgIpc) is 3.20. The lowest BCUT2D eigenvalue weighted by Crippen LogP contribution is -2.22. The van der Waals surface area contributed by atoms with Crippen molar-refractivity contribution in [2.45, 2.75) is 6.92 Å². The van der Waals surface area contributed by atoms with Gasteiger partial charge in [-0.2, -0.15) is 5.10 Å².